The van der Waals surface area contributed by atoms with Crippen LogP contribution in [0.5, 0.6) is 0 Å². The van der Waals surface area contributed by atoms with E-state index in [1.54, 1.807) is 0 Å². The van der Waals surface area contributed by atoms with Crippen LogP contribution in [0.15, 0.2) is 0 Å². The molecule has 0 aliphatic rings. The number of phosphoric acid groups is 2. The number of esters is 4. The molecule has 0 aliphatic heterocycles. The number of hydrogen-bond donors (Lipinski definition) is 3. The molecule has 19 heteroatoms. The highest BCUT2D eigenvalue weighted by molar-refractivity contribution is 7.47. The molecule has 102 heavy (non-hydrogen) atoms. The Labute approximate surface area is 626 Å². The van der Waals surface area contributed by atoms with Gasteiger partial charge in [0, 0.05) is 25.7 Å². The van der Waals surface area contributed by atoms with Crippen LogP contribution in [-0.2, 0) is 65.4 Å². The number of hydrogen-bond acceptors (Lipinski definition) is 15. The predicted molar refractivity (Wildman–Crippen MR) is 418 cm³/mol. The third kappa shape index (κ3) is 73.6. The largest absolute Gasteiger partial charge is 0.472 e. The van der Waals surface area contributed by atoms with Crippen LogP contribution in [0.25, 0.3) is 0 Å². The van der Waals surface area contributed by atoms with Crippen molar-refractivity contribution in [1.29, 1.82) is 0 Å². The molecule has 0 aromatic heterocycles. The summed E-state index contributed by atoms with van der Waals surface area (Å²) in [6.45, 7) is 12.0. The maximum absolute atomic E-state index is 13.1. The van der Waals surface area contributed by atoms with Crippen molar-refractivity contribution in [3.63, 3.8) is 0 Å². The zero-order valence-corrected chi connectivity index (χ0v) is 68.9. The van der Waals surface area contributed by atoms with Gasteiger partial charge in [0.05, 0.1) is 26.4 Å². The highest BCUT2D eigenvalue weighted by Gasteiger charge is 2.30. The molecule has 0 saturated carbocycles. The molecule has 0 amide bonds. The van der Waals surface area contributed by atoms with Crippen LogP contribution in [0.2, 0.25) is 0 Å². The molecular formula is C83H162O17P2. The molecule has 0 heterocycles. The van der Waals surface area contributed by atoms with E-state index in [4.69, 9.17) is 37.0 Å². The van der Waals surface area contributed by atoms with E-state index in [2.05, 4.69) is 48.5 Å². The van der Waals surface area contributed by atoms with Crippen LogP contribution in [-0.4, -0.2) is 96.7 Å². The van der Waals surface area contributed by atoms with Gasteiger partial charge in [-0.3, -0.25) is 37.3 Å². The van der Waals surface area contributed by atoms with Crippen molar-refractivity contribution >= 4 is 39.5 Å². The maximum Gasteiger partial charge on any atom is 0.472 e. The monoisotopic (exact) mass is 1490 g/mol. The molecule has 7 atom stereocenters. The van der Waals surface area contributed by atoms with Crippen molar-refractivity contribution in [1.82, 2.24) is 0 Å². The topological polar surface area (TPSA) is 237 Å². The second kappa shape index (κ2) is 73.2. The molecule has 0 aromatic carbocycles. The highest BCUT2D eigenvalue weighted by atomic mass is 31.2. The fourth-order valence-corrected chi connectivity index (χ4v) is 14.4. The quantitative estimate of drug-likeness (QED) is 0.0222. The molecule has 0 fully saturated rings. The fraction of sp³-hybridized carbons (Fsp3) is 0.952. The van der Waals surface area contributed by atoms with Crippen LogP contribution < -0.4 is 0 Å². The summed E-state index contributed by atoms with van der Waals surface area (Å²) in [4.78, 5) is 73.0. The summed E-state index contributed by atoms with van der Waals surface area (Å²) in [5.74, 6) is 0.342. The Morgan fingerprint density at radius 3 is 0.745 bits per heavy atom. The zero-order valence-electron chi connectivity index (χ0n) is 67.1. The molecule has 0 saturated heterocycles. The van der Waals surface area contributed by atoms with Crippen molar-refractivity contribution in [3.8, 4) is 0 Å². The number of carbonyl (C=O) groups is 4. The van der Waals surface area contributed by atoms with Crippen LogP contribution in [0.3, 0.4) is 0 Å². The summed E-state index contributed by atoms with van der Waals surface area (Å²) < 4.78 is 68.7. The molecular weight excluding hydrogens is 1330 g/mol. The minimum Gasteiger partial charge on any atom is -0.462 e. The van der Waals surface area contributed by atoms with Gasteiger partial charge in [0.2, 0.25) is 0 Å². The van der Waals surface area contributed by atoms with Gasteiger partial charge in [0.1, 0.15) is 19.3 Å². The average molecular weight is 1490 g/mol. The molecule has 0 aromatic rings. The Balaban J connectivity index is 5.20. The summed E-state index contributed by atoms with van der Waals surface area (Å²) in [5.41, 5.74) is 0. The molecule has 0 rings (SSSR count). The number of aliphatic hydroxyl groups is 1. The van der Waals surface area contributed by atoms with Crippen LogP contribution in [0.4, 0.5) is 0 Å². The second-order valence-electron chi connectivity index (χ2n) is 30.8. The van der Waals surface area contributed by atoms with Crippen molar-refractivity contribution in [2.24, 2.45) is 17.8 Å². The Kier molecular flexibility index (Phi) is 71.8. The minimum atomic E-state index is -4.96. The van der Waals surface area contributed by atoms with E-state index in [1.165, 1.54) is 244 Å². The Bertz CT molecular complexity index is 1980. The van der Waals surface area contributed by atoms with Crippen LogP contribution in [0, 0.1) is 17.8 Å². The molecule has 0 bridgehead atoms. The van der Waals surface area contributed by atoms with E-state index in [0.29, 0.717) is 25.7 Å². The lowest BCUT2D eigenvalue weighted by atomic mass is 9.99. The molecule has 606 valence electrons. The van der Waals surface area contributed by atoms with Gasteiger partial charge in [-0.25, -0.2) is 9.13 Å². The Morgan fingerprint density at radius 1 is 0.284 bits per heavy atom. The van der Waals surface area contributed by atoms with Crippen LogP contribution >= 0.6 is 15.6 Å². The SMILES string of the molecule is CCCCCCCCCCCC(=O)OC[C@H](COP(=O)(O)OC[C@H](O)COP(=O)(O)OC[C@@H](COC(=O)CCCCCCCCCCCCCCCCCCC(C)C)OC(=O)CCCCCCCCCCCCCCCCCCCCC(C)CC)OC(=O)CCCCCCCCCCC(C)CC. The number of aliphatic hydroxyl groups excluding tert-OH is 1. The first-order valence-electron chi connectivity index (χ1n) is 42.9. The summed E-state index contributed by atoms with van der Waals surface area (Å²) in [6.07, 6.45) is 62.5. The fourth-order valence-electron chi connectivity index (χ4n) is 12.8. The first-order valence-corrected chi connectivity index (χ1v) is 45.9. The summed E-state index contributed by atoms with van der Waals surface area (Å²) in [7, 11) is -9.92. The second-order valence-corrected chi connectivity index (χ2v) is 33.7. The number of phosphoric ester groups is 2. The lowest BCUT2D eigenvalue weighted by Crippen LogP contribution is -2.30. The van der Waals surface area contributed by atoms with Crippen molar-refractivity contribution in [3.05, 3.63) is 0 Å². The van der Waals surface area contributed by atoms with Gasteiger partial charge in [0.15, 0.2) is 12.2 Å². The van der Waals surface area contributed by atoms with E-state index in [1.807, 2.05) is 0 Å². The smallest absolute Gasteiger partial charge is 0.462 e. The third-order valence-electron chi connectivity index (χ3n) is 20.1. The summed E-state index contributed by atoms with van der Waals surface area (Å²) in [6, 6.07) is 0. The molecule has 4 unspecified atom stereocenters. The van der Waals surface area contributed by atoms with Crippen molar-refractivity contribution < 1.29 is 80.2 Å². The third-order valence-corrected chi connectivity index (χ3v) is 22.0. The number of rotatable bonds is 81. The minimum absolute atomic E-state index is 0.105. The first-order chi connectivity index (χ1) is 49.3. The Hall–Kier alpha value is -1.94. The predicted octanol–water partition coefficient (Wildman–Crippen LogP) is 24.9. The van der Waals surface area contributed by atoms with Gasteiger partial charge in [-0.1, -0.05) is 382 Å². The molecule has 3 N–H and O–H groups in total. The van der Waals surface area contributed by atoms with E-state index in [-0.39, 0.29) is 25.7 Å². The maximum atomic E-state index is 13.1. The van der Waals surface area contributed by atoms with E-state index in [9.17, 15) is 43.2 Å². The number of carbonyl (C=O) groups excluding carboxylic acids is 4. The van der Waals surface area contributed by atoms with Crippen LogP contribution in [0.1, 0.15) is 434 Å². The van der Waals surface area contributed by atoms with E-state index < -0.39 is 97.5 Å². The van der Waals surface area contributed by atoms with Gasteiger partial charge in [-0.15, -0.1) is 0 Å². The zero-order chi connectivity index (χ0) is 75.1. The van der Waals surface area contributed by atoms with Gasteiger partial charge in [0.25, 0.3) is 0 Å². The summed E-state index contributed by atoms with van der Waals surface area (Å²) in [5, 5.41) is 10.6. The number of unbranched alkanes of at least 4 members (excludes halogenated alkanes) is 47. The molecule has 17 nitrogen and oxygen atoms in total. The normalized spacial score (nSPS) is 14.5. The van der Waals surface area contributed by atoms with E-state index >= 15 is 0 Å². The highest BCUT2D eigenvalue weighted by Crippen LogP contribution is 2.45. The Morgan fingerprint density at radius 2 is 0.500 bits per heavy atom. The van der Waals surface area contributed by atoms with Gasteiger partial charge < -0.3 is 33.8 Å². The number of ether oxygens (including phenoxy) is 4. The molecule has 0 aliphatic carbocycles. The molecule has 0 radical (unpaired) electrons. The lowest BCUT2D eigenvalue weighted by Gasteiger charge is -2.21. The van der Waals surface area contributed by atoms with Crippen molar-refractivity contribution in [2.45, 2.75) is 452 Å². The van der Waals surface area contributed by atoms with E-state index in [0.717, 1.165) is 108 Å². The standard InChI is InChI=1S/C83H162O17P2/c1-8-11-12-13-14-33-43-50-57-64-80(85)93-70-79(100-83(88)67-60-53-46-39-38-42-49-56-63-76(7)10-3)73-98-102(91,92)96-69-77(84)68-95-101(89,90)97-72-78(71-94-81(86)65-58-51-44-36-31-27-23-20-19-21-25-29-34-40-47-54-61-74(4)5)99-82(87)66-59-52-45-37-32-28-24-18-16-15-17-22-26-30-35-41-48-55-62-75(6)9-2/h74-79,84H,8-73H2,1-7H3,(H,89,90)(H,91,92)/t75?,76?,77-,78-,79-/m1/s1. The first kappa shape index (κ1) is 100. The lowest BCUT2D eigenvalue weighted by molar-refractivity contribution is -0.161. The van der Waals surface area contributed by atoms with Gasteiger partial charge >= 0.3 is 39.5 Å². The average Bonchev–Trinajstić information content (AvgIpc) is 0.909. The molecule has 0 spiro atoms. The van der Waals surface area contributed by atoms with Gasteiger partial charge in [-0.2, -0.15) is 0 Å². The van der Waals surface area contributed by atoms with Crippen molar-refractivity contribution in [2.75, 3.05) is 39.6 Å². The summed E-state index contributed by atoms with van der Waals surface area (Å²) >= 11 is 0. The van der Waals surface area contributed by atoms with Gasteiger partial charge in [-0.05, 0) is 43.4 Å².